The van der Waals surface area contributed by atoms with Crippen LogP contribution < -0.4 is 0 Å². The molecule has 1 aliphatic heterocycles. The number of sulfone groups is 1. The Kier molecular flexibility index (Phi) is 3.41. The van der Waals surface area contributed by atoms with Gasteiger partial charge in [-0.1, -0.05) is 18.9 Å². The smallest absolute Gasteiger partial charge is 0.249 e. The average Bonchev–Trinajstić information content (AvgIpc) is 2.92. The second-order valence-electron chi connectivity index (χ2n) is 5.88. The van der Waals surface area contributed by atoms with Crippen LogP contribution >= 0.6 is 0 Å². The number of allylic oxidation sites excluding steroid dienone is 1. The highest BCUT2D eigenvalue weighted by Gasteiger charge is 2.44. The van der Waals surface area contributed by atoms with Gasteiger partial charge in [0, 0.05) is 18.2 Å². The van der Waals surface area contributed by atoms with E-state index in [1.807, 2.05) is 11.0 Å². The molecule has 1 heterocycles. The van der Waals surface area contributed by atoms with Crippen LogP contribution in [0.4, 0.5) is 0 Å². The zero-order valence-electron chi connectivity index (χ0n) is 11.2. The maximum atomic E-state index is 12.5. The molecular weight excluding hydrogens is 262 g/mol. The van der Waals surface area contributed by atoms with E-state index in [-0.39, 0.29) is 23.0 Å². The highest BCUT2D eigenvalue weighted by atomic mass is 32.2. The van der Waals surface area contributed by atoms with Crippen LogP contribution in [0.1, 0.15) is 44.9 Å². The maximum Gasteiger partial charge on any atom is 0.249 e. The van der Waals surface area contributed by atoms with Gasteiger partial charge >= 0.3 is 0 Å². The number of hydrogen-bond donors (Lipinski definition) is 0. The van der Waals surface area contributed by atoms with E-state index in [1.54, 1.807) is 0 Å². The molecule has 2 aliphatic carbocycles. The first-order valence-corrected chi connectivity index (χ1v) is 9.03. The molecule has 5 heteroatoms. The first-order chi connectivity index (χ1) is 9.09. The van der Waals surface area contributed by atoms with Crippen molar-refractivity contribution in [3.63, 3.8) is 0 Å². The third-order valence-electron chi connectivity index (χ3n) is 4.72. The van der Waals surface area contributed by atoms with Crippen LogP contribution in [0.5, 0.6) is 0 Å². The fourth-order valence-corrected chi connectivity index (χ4v) is 5.74. The predicted octanol–water partition coefficient (Wildman–Crippen LogP) is 1.66. The molecule has 0 aromatic carbocycles. The van der Waals surface area contributed by atoms with Crippen molar-refractivity contribution >= 4 is 15.7 Å². The monoisotopic (exact) mass is 283 g/mol. The van der Waals surface area contributed by atoms with E-state index in [9.17, 15) is 13.2 Å². The van der Waals surface area contributed by atoms with E-state index in [0.29, 0.717) is 6.54 Å². The van der Waals surface area contributed by atoms with Crippen molar-refractivity contribution in [2.45, 2.75) is 56.2 Å². The van der Waals surface area contributed by atoms with E-state index in [1.165, 1.54) is 0 Å². The summed E-state index contributed by atoms with van der Waals surface area (Å²) >= 11 is 0. The van der Waals surface area contributed by atoms with E-state index in [4.69, 9.17) is 0 Å². The van der Waals surface area contributed by atoms with Crippen LogP contribution in [0.2, 0.25) is 0 Å². The first kappa shape index (κ1) is 13.2. The minimum Gasteiger partial charge on any atom is -0.334 e. The standard InChI is InChI=1S/C14H21NO3S/c16-14(11-5-1-2-6-11)15-9-10-19(17,18)13-8-4-3-7-12(13)15/h5,12-13H,1-4,6-10H2. The summed E-state index contributed by atoms with van der Waals surface area (Å²) in [6.07, 6.45) is 8.54. The van der Waals surface area contributed by atoms with E-state index >= 15 is 0 Å². The van der Waals surface area contributed by atoms with Gasteiger partial charge in [0.15, 0.2) is 9.84 Å². The minimum absolute atomic E-state index is 0.0681. The van der Waals surface area contributed by atoms with Crippen molar-refractivity contribution in [1.29, 1.82) is 0 Å². The molecule has 4 nitrogen and oxygen atoms in total. The summed E-state index contributed by atoms with van der Waals surface area (Å²) in [7, 11) is -2.99. The topological polar surface area (TPSA) is 54.5 Å². The first-order valence-electron chi connectivity index (χ1n) is 7.31. The van der Waals surface area contributed by atoms with Crippen molar-refractivity contribution in [2.75, 3.05) is 12.3 Å². The summed E-state index contributed by atoms with van der Waals surface area (Å²) in [6, 6.07) is -0.0681. The van der Waals surface area contributed by atoms with Gasteiger partial charge in [0.05, 0.1) is 11.0 Å². The number of fused-ring (bicyclic) bond motifs is 1. The van der Waals surface area contributed by atoms with E-state index < -0.39 is 9.84 Å². The Hall–Kier alpha value is -0.840. The number of nitrogens with zero attached hydrogens (tertiary/aromatic N) is 1. The van der Waals surface area contributed by atoms with Gasteiger partial charge in [-0.3, -0.25) is 4.79 Å². The van der Waals surface area contributed by atoms with Crippen molar-refractivity contribution < 1.29 is 13.2 Å². The lowest BCUT2D eigenvalue weighted by Gasteiger charge is -2.43. The molecule has 3 aliphatic rings. The van der Waals surface area contributed by atoms with Crippen LogP contribution in [-0.4, -0.2) is 42.8 Å². The van der Waals surface area contributed by atoms with Gasteiger partial charge in [0.2, 0.25) is 5.91 Å². The van der Waals surface area contributed by atoms with Crippen LogP contribution in [0.3, 0.4) is 0 Å². The normalized spacial score (nSPS) is 33.7. The number of hydrogen-bond acceptors (Lipinski definition) is 3. The Morgan fingerprint density at radius 3 is 2.74 bits per heavy atom. The van der Waals surface area contributed by atoms with Gasteiger partial charge < -0.3 is 4.90 Å². The van der Waals surface area contributed by atoms with E-state index in [2.05, 4.69) is 0 Å². The summed E-state index contributed by atoms with van der Waals surface area (Å²) in [5.41, 5.74) is 0.906. The molecule has 19 heavy (non-hydrogen) atoms. The number of rotatable bonds is 1. The summed E-state index contributed by atoms with van der Waals surface area (Å²) in [4.78, 5) is 14.4. The zero-order valence-corrected chi connectivity index (χ0v) is 12.0. The Bertz CT molecular complexity index is 509. The fourth-order valence-electron chi connectivity index (χ4n) is 3.70. The molecule has 2 unspecified atom stereocenters. The SMILES string of the molecule is O=C(C1=CCCC1)N1CCS(=O)(=O)C2CCCCC21. The van der Waals surface area contributed by atoms with E-state index in [0.717, 1.165) is 50.5 Å². The molecule has 1 saturated heterocycles. The third kappa shape index (κ3) is 2.33. The second-order valence-corrected chi connectivity index (χ2v) is 8.22. The summed E-state index contributed by atoms with van der Waals surface area (Å²) in [5.74, 6) is 0.247. The third-order valence-corrected chi connectivity index (χ3v) is 6.95. The van der Waals surface area contributed by atoms with Crippen LogP contribution in [-0.2, 0) is 14.6 Å². The number of carbonyl (C=O) groups is 1. The molecule has 106 valence electrons. The van der Waals surface area contributed by atoms with Crippen molar-refractivity contribution in [3.05, 3.63) is 11.6 Å². The van der Waals surface area contributed by atoms with Crippen LogP contribution in [0.15, 0.2) is 11.6 Å². The summed E-state index contributed by atoms with van der Waals surface area (Å²) in [5, 5.41) is -0.305. The van der Waals surface area contributed by atoms with Gasteiger partial charge in [-0.25, -0.2) is 8.42 Å². The van der Waals surface area contributed by atoms with Crippen LogP contribution in [0.25, 0.3) is 0 Å². The van der Waals surface area contributed by atoms with Crippen LogP contribution in [0, 0.1) is 0 Å². The predicted molar refractivity (Wildman–Crippen MR) is 73.5 cm³/mol. The molecule has 0 radical (unpaired) electrons. The van der Waals surface area contributed by atoms with Gasteiger partial charge in [0.25, 0.3) is 0 Å². The molecule has 0 spiro atoms. The lowest BCUT2D eigenvalue weighted by molar-refractivity contribution is -0.130. The van der Waals surface area contributed by atoms with Crippen molar-refractivity contribution in [3.8, 4) is 0 Å². The molecule has 0 aromatic heterocycles. The van der Waals surface area contributed by atoms with Crippen molar-refractivity contribution in [1.82, 2.24) is 4.90 Å². The number of carbonyl (C=O) groups excluding carboxylic acids is 1. The maximum absolute atomic E-state index is 12.5. The molecule has 2 fully saturated rings. The van der Waals surface area contributed by atoms with Gasteiger partial charge in [-0.15, -0.1) is 0 Å². The summed E-state index contributed by atoms with van der Waals surface area (Å²) < 4.78 is 24.3. The summed E-state index contributed by atoms with van der Waals surface area (Å²) in [6.45, 7) is 0.389. The van der Waals surface area contributed by atoms with Gasteiger partial charge in [-0.2, -0.15) is 0 Å². The Balaban J connectivity index is 1.84. The number of amides is 1. The molecule has 0 aromatic rings. The Labute approximate surface area is 114 Å². The highest BCUT2D eigenvalue weighted by molar-refractivity contribution is 7.92. The molecule has 3 rings (SSSR count). The molecule has 1 amide bonds. The quantitative estimate of drug-likeness (QED) is 0.735. The molecule has 1 saturated carbocycles. The largest absolute Gasteiger partial charge is 0.334 e. The lowest BCUT2D eigenvalue weighted by Crippen LogP contribution is -2.57. The van der Waals surface area contributed by atoms with Gasteiger partial charge in [0.1, 0.15) is 0 Å². The molecule has 0 bridgehead atoms. The molecule has 2 atom stereocenters. The second kappa shape index (κ2) is 4.93. The zero-order chi connectivity index (χ0) is 13.5. The van der Waals surface area contributed by atoms with Crippen molar-refractivity contribution in [2.24, 2.45) is 0 Å². The van der Waals surface area contributed by atoms with Gasteiger partial charge in [-0.05, 0) is 32.1 Å². The lowest BCUT2D eigenvalue weighted by atomic mass is 9.92. The Morgan fingerprint density at radius 1 is 1.21 bits per heavy atom. The molecule has 0 N–H and O–H groups in total. The average molecular weight is 283 g/mol. The minimum atomic E-state index is -2.99. The fraction of sp³-hybridized carbons (Fsp3) is 0.786. The Morgan fingerprint density at radius 2 is 2.00 bits per heavy atom. The highest BCUT2D eigenvalue weighted by Crippen LogP contribution is 2.33. The molecular formula is C14H21NO3S.